The quantitative estimate of drug-likeness (QED) is 0.184. The van der Waals surface area contributed by atoms with Crippen LogP contribution in [0.3, 0.4) is 0 Å². The van der Waals surface area contributed by atoms with E-state index in [1.54, 1.807) is 7.11 Å². The average molecular weight is 550 g/mol. The van der Waals surface area contributed by atoms with Crippen molar-refractivity contribution < 1.29 is 9.47 Å². The van der Waals surface area contributed by atoms with Crippen molar-refractivity contribution >= 4 is 29.9 Å². The molecule has 0 bridgehead atoms. The summed E-state index contributed by atoms with van der Waals surface area (Å²) in [7, 11) is 3.61. The van der Waals surface area contributed by atoms with Gasteiger partial charge in [-0.15, -0.1) is 34.2 Å². The second-order valence-corrected chi connectivity index (χ2v) is 7.18. The highest BCUT2D eigenvalue weighted by Crippen LogP contribution is 2.12. The van der Waals surface area contributed by atoms with Gasteiger partial charge in [-0.05, 0) is 43.7 Å². The normalized spacial score (nSPS) is 10.9. The van der Waals surface area contributed by atoms with E-state index in [9.17, 15) is 0 Å². The van der Waals surface area contributed by atoms with Crippen molar-refractivity contribution in [3.63, 3.8) is 0 Å². The van der Waals surface area contributed by atoms with E-state index in [0.717, 1.165) is 28.7 Å². The van der Waals surface area contributed by atoms with Gasteiger partial charge >= 0.3 is 0 Å². The van der Waals surface area contributed by atoms with E-state index in [0.29, 0.717) is 32.2 Å². The molecule has 0 aliphatic heterocycles. The Morgan fingerprint density at radius 2 is 1.66 bits per heavy atom. The number of aromatic nitrogens is 3. The molecule has 0 radical (unpaired) electrons. The summed E-state index contributed by atoms with van der Waals surface area (Å²) in [4.78, 5) is 4.70. The third-order valence-electron chi connectivity index (χ3n) is 4.86. The number of methoxy groups -OCH3 is 1. The minimum absolute atomic E-state index is 0. The van der Waals surface area contributed by atoms with E-state index in [2.05, 4.69) is 27.8 Å². The van der Waals surface area contributed by atoms with Gasteiger partial charge in [0.15, 0.2) is 11.8 Å². The van der Waals surface area contributed by atoms with Crippen molar-refractivity contribution in [1.29, 1.82) is 0 Å². The first kappa shape index (κ1) is 25.4. The maximum Gasteiger partial charge on any atom is 0.192 e. The number of guanidine groups is 1. The molecule has 0 aliphatic rings. The topological polar surface area (TPSA) is 85.6 Å². The molecule has 1 aromatic heterocycles. The summed E-state index contributed by atoms with van der Waals surface area (Å²) in [5.41, 5.74) is 2.30. The maximum absolute atomic E-state index is 5.80. The summed E-state index contributed by atoms with van der Waals surface area (Å²) < 4.78 is 13.0. The van der Waals surface area contributed by atoms with Crippen molar-refractivity contribution in [3.8, 4) is 11.5 Å². The van der Waals surface area contributed by atoms with Gasteiger partial charge in [0.25, 0.3) is 0 Å². The molecular weight excluding hydrogens is 519 g/mol. The van der Waals surface area contributed by atoms with E-state index in [-0.39, 0.29) is 24.0 Å². The highest BCUT2D eigenvalue weighted by atomic mass is 127. The standard InChI is InChI=1S/C23H30N6O2.HI/c1-17-5-9-21(10-6-17)31-14-13-24-23(26-16-22-28-27-18(2)29(22)3)25-15-19-7-11-20(30-4)12-8-19;/h5-12H,13-16H2,1-4H3,(H2,24,25,26);1H. The van der Waals surface area contributed by atoms with Crippen LogP contribution in [0.1, 0.15) is 22.8 Å². The minimum Gasteiger partial charge on any atom is -0.497 e. The number of hydrogen-bond acceptors (Lipinski definition) is 5. The Bertz CT molecular complexity index is 987. The lowest BCUT2D eigenvalue weighted by atomic mass is 10.2. The van der Waals surface area contributed by atoms with Crippen molar-refractivity contribution in [3.05, 3.63) is 71.3 Å². The van der Waals surface area contributed by atoms with Crippen molar-refractivity contribution in [1.82, 2.24) is 25.4 Å². The van der Waals surface area contributed by atoms with Gasteiger partial charge in [0.05, 0.1) is 26.7 Å². The Morgan fingerprint density at radius 1 is 0.969 bits per heavy atom. The Labute approximate surface area is 206 Å². The van der Waals surface area contributed by atoms with Crippen molar-refractivity contribution in [2.75, 3.05) is 20.3 Å². The number of nitrogens with one attached hydrogen (secondary N) is 2. The van der Waals surface area contributed by atoms with Crippen LogP contribution in [-0.4, -0.2) is 41.0 Å². The van der Waals surface area contributed by atoms with Crippen LogP contribution in [0.4, 0.5) is 0 Å². The lowest BCUT2D eigenvalue weighted by Gasteiger charge is -2.13. The van der Waals surface area contributed by atoms with Crippen LogP contribution in [-0.2, 0) is 20.1 Å². The summed E-state index contributed by atoms with van der Waals surface area (Å²) in [5, 5.41) is 14.9. The van der Waals surface area contributed by atoms with Gasteiger partial charge in [-0.1, -0.05) is 29.8 Å². The molecule has 9 heteroatoms. The third-order valence-corrected chi connectivity index (χ3v) is 4.86. The first-order valence-corrected chi connectivity index (χ1v) is 10.2. The molecule has 0 fully saturated rings. The Kier molecular flexibility index (Phi) is 10.3. The van der Waals surface area contributed by atoms with Gasteiger partial charge in [-0.2, -0.15) is 0 Å². The van der Waals surface area contributed by atoms with Crippen molar-refractivity contribution in [2.45, 2.75) is 26.9 Å². The molecule has 0 amide bonds. The molecule has 2 aromatic carbocycles. The number of nitrogens with zero attached hydrogens (tertiary/aromatic N) is 4. The fourth-order valence-corrected chi connectivity index (χ4v) is 2.82. The summed E-state index contributed by atoms with van der Waals surface area (Å²) in [5.74, 6) is 4.08. The molecule has 0 spiro atoms. The van der Waals surface area contributed by atoms with Crippen LogP contribution in [0.2, 0.25) is 0 Å². The zero-order valence-corrected chi connectivity index (χ0v) is 21.3. The van der Waals surface area contributed by atoms with Gasteiger partial charge in [-0.25, -0.2) is 4.99 Å². The Balaban J connectivity index is 0.00000363. The van der Waals surface area contributed by atoms with Gasteiger partial charge in [0.1, 0.15) is 23.9 Å². The van der Waals surface area contributed by atoms with Gasteiger partial charge < -0.3 is 24.7 Å². The van der Waals surface area contributed by atoms with E-state index < -0.39 is 0 Å². The molecule has 0 aliphatic carbocycles. The Hall–Kier alpha value is -2.82. The first-order valence-electron chi connectivity index (χ1n) is 10.2. The molecule has 0 atom stereocenters. The number of aliphatic imine (C=N–C) groups is 1. The molecule has 8 nitrogen and oxygen atoms in total. The molecule has 0 unspecified atom stereocenters. The van der Waals surface area contributed by atoms with Gasteiger partial charge in [0.2, 0.25) is 0 Å². The lowest BCUT2D eigenvalue weighted by molar-refractivity contribution is 0.322. The molecule has 1 heterocycles. The number of rotatable bonds is 9. The molecule has 0 saturated heterocycles. The number of halogens is 1. The number of hydrogen-bond donors (Lipinski definition) is 2. The zero-order chi connectivity index (χ0) is 22.1. The molecule has 32 heavy (non-hydrogen) atoms. The predicted octanol–water partition coefficient (Wildman–Crippen LogP) is 3.37. The molecule has 3 rings (SSSR count). The first-order chi connectivity index (χ1) is 15.0. The number of benzene rings is 2. The minimum atomic E-state index is 0. The highest BCUT2D eigenvalue weighted by Gasteiger charge is 2.06. The van der Waals surface area contributed by atoms with Crippen LogP contribution in [0.5, 0.6) is 11.5 Å². The molecule has 2 N–H and O–H groups in total. The smallest absolute Gasteiger partial charge is 0.192 e. The summed E-state index contributed by atoms with van der Waals surface area (Å²) in [6, 6.07) is 15.9. The van der Waals surface area contributed by atoms with Crippen LogP contribution >= 0.6 is 24.0 Å². The van der Waals surface area contributed by atoms with Crippen LogP contribution in [0.15, 0.2) is 53.5 Å². The van der Waals surface area contributed by atoms with E-state index >= 15 is 0 Å². The molecule has 0 saturated carbocycles. The SMILES string of the molecule is COc1ccc(CN=C(NCCOc2ccc(C)cc2)NCc2nnc(C)n2C)cc1.I. The second kappa shape index (κ2) is 12.9. The largest absolute Gasteiger partial charge is 0.497 e. The summed E-state index contributed by atoms with van der Waals surface area (Å²) in [6.45, 7) is 6.17. The van der Waals surface area contributed by atoms with Gasteiger partial charge in [0, 0.05) is 7.05 Å². The zero-order valence-electron chi connectivity index (χ0n) is 19.0. The predicted molar refractivity (Wildman–Crippen MR) is 137 cm³/mol. The maximum atomic E-state index is 5.80. The molecule has 3 aromatic rings. The van der Waals surface area contributed by atoms with Crippen LogP contribution in [0, 0.1) is 13.8 Å². The van der Waals surface area contributed by atoms with E-state index in [1.165, 1.54) is 5.56 Å². The van der Waals surface area contributed by atoms with E-state index in [4.69, 9.17) is 14.5 Å². The average Bonchev–Trinajstić information content (AvgIpc) is 3.11. The fourth-order valence-electron chi connectivity index (χ4n) is 2.82. The van der Waals surface area contributed by atoms with E-state index in [1.807, 2.05) is 67.1 Å². The highest BCUT2D eigenvalue weighted by molar-refractivity contribution is 14.0. The fraction of sp³-hybridized carbons (Fsp3) is 0.348. The van der Waals surface area contributed by atoms with Crippen LogP contribution in [0.25, 0.3) is 0 Å². The van der Waals surface area contributed by atoms with Crippen molar-refractivity contribution in [2.24, 2.45) is 12.0 Å². The van der Waals surface area contributed by atoms with Gasteiger partial charge in [-0.3, -0.25) is 0 Å². The Morgan fingerprint density at radius 3 is 2.28 bits per heavy atom. The number of ether oxygens (including phenoxy) is 2. The summed E-state index contributed by atoms with van der Waals surface area (Å²) in [6.07, 6.45) is 0. The summed E-state index contributed by atoms with van der Waals surface area (Å²) >= 11 is 0. The lowest BCUT2D eigenvalue weighted by Crippen LogP contribution is -2.39. The second-order valence-electron chi connectivity index (χ2n) is 7.18. The monoisotopic (exact) mass is 550 g/mol. The number of aryl methyl sites for hydroxylation is 2. The van der Waals surface area contributed by atoms with Crippen LogP contribution < -0.4 is 20.1 Å². The third kappa shape index (κ3) is 7.70. The molecular formula is C23H31IN6O2. The molecule has 172 valence electrons.